The van der Waals surface area contributed by atoms with Crippen LogP contribution in [0.3, 0.4) is 0 Å². The molecule has 1 aromatic heterocycles. The van der Waals surface area contributed by atoms with Crippen molar-refractivity contribution in [2.24, 2.45) is 0 Å². The van der Waals surface area contributed by atoms with E-state index in [1.54, 1.807) is 24.5 Å². The quantitative estimate of drug-likeness (QED) is 0.912. The van der Waals surface area contributed by atoms with E-state index in [1.165, 1.54) is 0 Å². The average molecular weight is 362 g/mol. The number of carbonyl (C=O) groups is 1. The minimum Gasteiger partial charge on any atom is -0.378 e. The normalized spacial score (nSPS) is 14.7. The molecule has 0 saturated carbocycles. The number of hydrogen-bond donors (Lipinski definition) is 1. The standard InChI is InChI=1S/C16H16BrN3O2/c17-14-10-13(19-16(21)12-2-1-5-18-11-12)3-4-15(14)20-6-8-22-9-7-20/h1-5,10-11H,6-9H2,(H,19,21). The number of aromatic nitrogens is 1. The second-order valence-corrected chi connectivity index (χ2v) is 5.82. The largest absolute Gasteiger partial charge is 0.378 e. The molecule has 3 rings (SSSR count). The van der Waals surface area contributed by atoms with Crippen molar-refractivity contribution in [2.75, 3.05) is 36.5 Å². The first-order valence-corrected chi connectivity index (χ1v) is 7.87. The van der Waals surface area contributed by atoms with Crippen LogP contribution in [-0.2, 0) is 4.74 Å². The minimum absolute atomic E-state index is 0.167. The van der Waals surface area contributed by atoms with Gasteiger partial charge in [-0.15, -0.1) is 0 Å². The number of rotatable bonds is 3. The molecule has 0 bridgehead atoms. The van der Waals surface area contributed by atoms with Crippen LogP contribution in [0.2, 0.25) is 0 Å². The molecule has 0 atom stereocenters. The molecule has 2 heterocycles. The van der Waals surface area contributed by atoms with Gasteiger partial charge in [0.1, 0.15) is 0 Å². The Kier molecular flexibility index (Phi) is 4.70. The first-order valence-electron chi connectivity index (χ1n) is 7.07. The lowest BCUT2D eigenvalue weighted by Crippen LogP contribution is -2.36. The maximum atomic E-state index is 12.1. The lowest BCUT2D eigenvalue weighted by molar-refractivity contribution is 0.102. The molecule has 1 fully saturated rings. The molecule has 0 unspecified atom stereocenters. The Morgan fingerprint density at radius 2 is 2.09 bits per heavy atom. The highest BCUT2D eigenvalue weighted by molar-refractivity contribution is 9.10. The molecule has 1 aromatic carbocycles. The average Bonchev–Trinajstić information content (AvgIpc) is 2.56. The lowest BCUT2D eigenvalue weighted by Gasteiger charge is -2.29. The fraction of sp³-hybridized carbons (Fsp3) is 0.250. The number of nitrogens with one attached hydrogen (secondary N) is 1. The topological polar surface area (TPSA) is 54.5 Å². The van der Waals surface area contributed by atoms with Gasteiger partial charge in [0, 0.05) is 35.6 Å². The van der Waals surface area contributed by atoms with Crippen molar-refractivity contribution < 1.29 is 9.53 Å². The number of ether oxygens (including phenoxy) is 1. The Morgan fingerprint density at radius 1 is 1.27 bits per heavy atom. The molecule has 2 aromatic rings. The molecule has 0 spiro atoms. The number of anilines is 2. The third-order valence-electron chi connectivity index (χ3n) is 3.48. The van der Waals surface area contributed by atoms with E-state index >= 15 is 0 Å². The van der Waals surface area contributed by atoms with Crippen LogP contribution >= 0.6 is 15.9 Å². The molecule has 1 aliphatic heterocycles. The monoisotopic (exact) mass is 361 g/mol. The SMILES string of the molecule is O=C(Nc1ccc(N2CCOCC2)c(Br)c1)c1cccnc1. The van der Waals surface area contributed by atoms with Crippen LogP contribution in [0.15, 0.2) is 47.2 Å². The second-order valence-electron chi connectivity index (χ2n) is 4.96. The van der Waals surface area contributed by atoms with Gasteiger partial charge in [-0.1, -0.05) is 0 Å². The summed E-state index contributed by atoms with van der Waals surface area (Å²) in [5.74, 6) is -0.167. The smallest absolute Gasteiger partial charge is 0.257 e. The van der Waals surface area contributed by atoms with Gasteiger partial charge in [0.15, 0.2) is 0 Å². The highest BCUT2D eigenvalue weighted by atomic mass is 79.9. The Morgan fingerprint density at radius 3 is 2.77 bits per heavy atom. The van der Waals surface area contributed by atoms with Gasteiger partial charge < -0.3 is 15.0 Å². The van der Waals surface area contributed by atoms with Crippen molar-refractivity contribution in [3.63, 3.8) is 0 Å². The van der Waals surface area contributed by atoms with Gasteiger partial charge in [-0.2, -0.15) is 0 Å². The van der Waals surface area contributed by atoms with Gasteiger partial charge in [0.05, 0.1) is 24.5 Å². The zero-order chi connectivity index (χ0) is 15.4. The highest BCUT2D eigenvalue weighted by Gasteiger charge is 2.14. The Balaban J connectivity index is 1.73. The highest BCUT2D eigenvalue weighted by Crippen LogP contribution is 2.30. The fourth-order valence-electron chi connectivity index (χ4n) is 2.35. The second kappa shape index (κ2) is 6.89. The maximum Gasteiger partial charge on any atom is 0.257 e. The fourth-order valence-corrected chi connectivity index (χ4v) is 2.98. The molecule has 114 valence electrons. The van der Waals surface area contributed by atoms with E-state index in [0.29, 0.717) is 5.56 Å². The van der Waals surface area contributed by atoms with Crippen molar-refractivity contribution in [3.8, 4) is 0 Å². The first kappa shape index (κ1) is 15.0. The zero-order valence-corrected chi connectivity index (χ0v) is 13.5. The summed E-state index contributed by atoms with van der Waals surface area (Å²) in [6.07, 6.45) is 3.19. The summed E-state index contributed by atoms with van der Waals surface area (Å²) in [6.45, 7) is 3.23. The van der Waals surface area contributed by atoms with Gasteiger partial charge >= 0.3 is 0 Å². The van der Waals surface area contributed by atoms with Crippen molar-refractivity contribution in [3.05, 3.63) is 52.8 Å². The zero-order valence-electron chi connectivity index (χ0n) is 12.0. The van der Waals surface area contributed by atoms with Crippen LogP contribution in [0.5, 0.6) is 0 Å². The number of morpholine rings is 1. The van der Waals surface area contributed by atoms with E-state index in [0.717, 1.165) is 42.2 Å². The summed E-state index contributed by atoms with van der Waals surface area (Å²) in [7, 11) is 0. The summed E-state index contributed by atoms with van der Waals surface area (Å²) in [4.78, 5) is 18.3. The van der Waals surface area contributed by atoms with Crippen LogP contribution in [0.1, 0.15) is 10.4 Å². The number of benzene rings is 1. The Labute approximate surface area is 137 Å². The molecule has 1 amide bonds. The van der Waals surface area contributed by atoms with E-state index in [9.17, 15) is 4.79 Å². The Hall–Kier alpha value is -1.92. The van der Waals surface area contributed by atoms with Crippen LogP contribution < -0.4 is 10.2 Å². The molecule has 22 heavy (non-hydrogen) atoms. The predicted molar refractivity (Wildman–Crippen MR) is 89.4 cm³/mol. The van der Waals surface area contributed by atoms with Gasteiger partial charge in [-0.3, -0.25) is 9.78 Å². The molecular weight excluding hydrogens is 346 g/mol. The van der Waals surface area contributed by atoms with Gasteiger partial charge in [-0.05, 0) is 46.3 Å². The molecule has 5 nitrogen and oxygen atoms in total. The number of halogens is 1. The van der Waals surface area contributed by atoms with Gasteiger partial charge in [-0.25, -0.2) is 0 Å². The molecule has 0 aliphatic carbocycles. The molecule has 0 radical (unpaired) electrons. The van der Waals surface area contributed by atoms with Gasteiger partial charge in [0.25, 0.3) is 5.91 Å². The lowest BCUT2D eigenvalue weighted by atomic mass is 10.2. The van der Waals surface area contributed by atoms with Gasteiger partial charge in [0.2, 0.25) is 0 Å². The van der Waals surface area contributed by atoms with E-state index in [-0.39, 0.29) is 5.91 Å². The summed E-state index contributed by atoms with van der Waals surface area (Å²) in [5.41, 5.74) is 2.40. The van der Waals surface area contributed by atoms with Crippen LogP contribution in [0.4, 0.5) is 11.4 Å². The van der Waals surface area contributed by atoms with Crippen LogP contribution in [-0.4, -0.2) is 37.2 Å². The van der Waals surface area contributed by atoms with Crippen LogP contribution in [0, 0.1) is 0 Å². The summed E-state index contributed by atoms with van der Waals surface area (Å²) in [5, 5.41) is 2.88. The molecular formula is C16H16BrN3O2. The van der Waals surface area contributed by atoms with E-state index in [2.05, 4.69) is 31.1 Å². The molecule has 1 aliphatic rings. The number of amides is 1. The van der Waals surface area contributed by atoms with E-state index < -0.39 is 0 Å². The third-order valence-corrected chi connectivity index (χ3v) is 4.12. The number of pyridine rings is 1. The van der Waals surface area contributed by atoms with E-state index in [4.69, 9.17) is 4.74 Å². The maximum absolute atomic E-state index is 12.1. The van der Waals surface area contributed by atoms with Crippen molar-refractivity contribution >= 4 is 33.2 Å². The van der Waals surface area contributed by atoms with Crippen molar-refractivity contribution in [2.45, 2.75) is 0 Å². The first-order chi connectivity index (χ1) is 10.7. The third kappa shape index (κ3) is 3.45. The molecule has 6 heteroatoms. The Bertz CT molecular complexity index is 658. The molecule has 1 saturated heterocycles. The number of nitrogens with zero attached hydrogens (tertiary/aromatic N) is 2. The summed E-state index contributed by atoms with van der Waals surface area (Å²) in [6, 6.07) is 9.31. The minimum atomic E-state index is -0.167. The molecule has 1 N–H and O–H groups in total. The summed E-state index contributed by atoms with van der Waals surface area (Å²) < 4.78 is 6.32. The predicted octanol–water partition coefficient (Wildman–Crippen LogP) is 2.93. The summed E-state index contributed by atoms with van der Waals surface area (Å²) >= 11 is 3.58. The number of hydrogen-bond acceptors (Lipinski definition) is 4. The van der Waals surface area contributed by atoms with Crippen molar-refractivity contribution in [1.29, 1.82) is 0 Å². The van der Waals surface area contributed by atoms with E-state index in [1.807, 2.05) is 18.2 Å². The van der Waals surface area contributed by atoms with Crippen molar-refractivity contribution in [1.82, 2.24) is 4.98 Å². The number of carbonyl (C=O) groups excluding carboxylic acids is 1. The van der Waals surface area contributed by atoms with Crippen LogP contribution in [0.25, 0.3) is 0 Å².